The summed E-state index contributed by atoms with van der Waals surface area (Å²) >= 11 is 0. The summed E-state index contributed by atoms with van der Waals surface area (Å²) < 4.78 is 52.0. The predicted molar refractivity (Wildman–Crippen MR) is 86.9 cm³/mol. The first-order valence-corrected chi connectivity index (χ1v) is 8.07. The molecule has 2 aromatic rings. The molecule has 0 saturated heterocycles. The summed E-state index contributed by atoms with van der Waals surface area (Å²) in [7, 11) is 1.31. The Kier molecular flexibility index (Phi) is 4.77. The van der Waals surface area contributed by atoms with Crippen LogP contribution in [-0.2, 0) is 17.4 Å². The van der Waals surface area contributed by atoms with Crippen molar-refractivity contribution in [3.05, 3.63) is 42.0 Å². The van der Waals surface area contributed by atoms with Gasteiger partial charge in [0.25, 0.3) is 0 Å². The van der Waals surface area contributed by atoms with Crippen molar-refractivity contribution in [2.24, 2.45) is 7.05 Å². The Balaban J connectivity index is 1.76. The molecule has 1 aliphatic heterocycles. The molecule has 0 spiro atoms. The molecule has 0 aliphatic carbocycles. The first-order valence-electron chi connectivity index (χ1n) is 8.07. The molecule has 0 saturated carbocycles. The van der Waals surface area contributed by atoms with Crippen LogP contribution >= 0.6 is 0 Å². The molecule has 0 bridgehead atoms. The Bertz CT molecular complexity index is 852. The molecule has 7 nitrogen and oxygen atoms in total. The average molecular weight is 385 g/mol. The van der Waals surface area contributed by atoms with Crippen molar-refractivity contribution in [3.63, 3.8) is 0 Å². The Hall–Kier alpha value is -2.75. The zero-order chi connectivity index (χ0) is 19.8. The van der Waals surface area contributed by atoms with E-state index in [0.29, 0.717) is 17.1 Å². The summed E-state index contributed by atoms with van der Waals surface area (Å²) in [6, 6.07) is 4.36. The van der Waals surface area contributed by atoms with Gasteiger partial charge < -0.3 is 24.5 Å². The van der Waals surface area contributed by atoms with Gasteiger partial charge in [0.1, 0.15) is 0 Å². The highest BCUT2D eigenvalue weighted by molar-refractivity contribution is 5.77. The van der Waals surface area contributed by atoms with E-state index in [4.69, 9.17) is 9.47 Å². The molecular formula is C17H18F3N3O4. The number of amides is 1. The van der Waals surface area contributed by atoms with Crippen molar-refractivity contribution in [3.8, 4) is 11.5 Å². The maximum Gasteiger partial charge on any atom is 0.425 e. The summed E-state index contributed by atoms with van der Waals surface area (Å²) in [4.78, 5) is 15.8. The zero-order valence-corrected chi connectivity index (χ0v) is 14.6. The average Bonchev–Trinajstić information content (AvgIpc) is 3.21. The molecule has 2 N–H and O–H groups in total. The number of imidazole rings is 1. The first-order chi connectivity index (χ1) is 12.6. The van der Waals surface area contributed by atoms with Gasteiger partial charge in [0.05, 0.1) is 12.5 Å². The number of hydrogen-bond donors (Lipinski definition) is 2. The van der Waals surface area contributed by atoms with Gasteiger partial charge in [-0.2, -0.15) is 13.2 Å². The third-order valence-electron chi connectivity index (χ3n) is 4.35. The summed E-state index contributed by atoms with van der Waals surface area (Å²) in [6.45, 7) is 1.70. The van der Waals surface area contributed by atoms with Crippen molar-refractivity contribution >= 4 is 5.91 Å². The van der Waals surface area contributed by atoms with Gasteiger partial charge in [-0.05, 0) is 24.6 Å². The second-order valence-corrected chi connectivity index (χ2v) is 6.30. The van der Waals surface area contributed by atoms with Crippen molar-refractivity contribution in [1.82, 2.24) is 14.9 Å². The number of aryl methyl sites for hydroxylation is 1. The van der Waals surface area contributed by atoms with Crippen molar-refractivity contribution in [2.45, 2.75) is 31.2 Å². The molecule has 0 fully saturated rings. The van der Waals surface area contributed by atoms with Gasteiger partial charge in [-0.25, -0.2) is 4.98 Å². The van der Waals surface area contributed by atoms with Gasteiger partial charge in [-0.1, -0.05) is 6.07 Å². The maximum atomic E-state index is 13.5. The molecule has 1 amide bonds. The van der Waals surface area contributed by atoms with Gasteiger partial charge in [0.2, 0.25) is 18.3 Å². The van der Waals surface area contributed by atoms with E-state index >= 15 is 0 Å². The fourth-order valence-electron chi connectivity index (χ4n) is 2.86. The van der Waals surface area contributed by atoms with Gasteiger partial charge in [-0.3, -0.25) is 4.79 Å². The minimum Gasteiger partial charge on any atom is -0.454 e. The second-order valence-electron chi connectivity index (χ2n) is 6.30. The Labute approximate surface area is 152 Å². The number of rotatable bonds is 5. The molecule has 1 aliphatic rings. The van der Waals surface area contributed by atoms with Crippen LogP contribution in [0.1, 0.15) is 30.8 Å². The minimum atomic E-state index is -5.08. The lowest BCUT2D eigenvalue weighted by Gasteiger charge is -2.29. The molecule has 1 aromatic heterocycles. The van der Waals surface area contributed by atoms with Crippen LogP contribution in [0.2, 0.25) is 0 Å². The number of nitrogens with zero attached hydrogens (tertiary/aromatic N) is 2. The van der Waals surface area contributed by atoms with Crippen LogP contribution in [0.15, 0.2) is 30.6 Å². The number of alkyl halides is 3. The van der Waals surface area contributed by atoms with Crippen LogP contribution in [0.25, 0.3) is 0 Å². The number of carbonyl (C=O) groups is 1. The number of halogens is 3. The molecule has 0 radical (unpaired) electrons. The molecule has 3 rings (SSSR count). The predicted octanol–water partition coefficient (Wildman–Crippen LogP) is 2.17. The Morgan fingerprint density at radius 3 is 2.70 bits per heavy atom. The first kappa shape index (κ1) is 19.0. The van der Waals surface area contributed by atoms with Gasteiger partial charge in [0.15, 0.2) is 17.3 Å². The van der Waals surface area contributed by atoms with Crippen LogP contribution in [0, 0.1) is 0 Å². The van der Waals surface area contributed by atoms with Crippen molar-refractivity contribution in [1.29, 1.82) is 0 Å². The number of ether oxygens (including phenoxy) is 2. The van der Waals surface area contributed by atoms with Gasteiger partial charge >= 0.3 is 6.18 Å². The molecule has 1 aromatic carbocycles. The highest BCUT2D eigenvalue weighted by Gasteiger charge is 2.58. The number of hydrogen-bond acceptors (Lipinski definition) is 5. The summed E-state index contributed by atoms with van der Waals surface area (Å²) in [5, 5.41) is 12.7. The molecular weight excluding hydrogens is 367 g/mol. The van der Waals surface area contributed by atoms with E-state index in [1.807, 2.05) is 0 Å². The fraction of sp³-hybridized carbons (Fsp3) is 0.412. The van der Waals surface area contributed by atoms with E-state index in [1.165, 1.54) is 13.2 Å². The summed E-state index contributed by atoms with van der Waals surface area (Å²) in [5.74, 6) is -0.573. The molecule has 27 heavy (non-hydrogen) atoms. The highest BCUT2D eigenvalue weighted by Crippen LogP contribution is 2.41. The fourth-order valence-corrected chi connectivity index (χ4v) is 2.86. The topological polar surface area (TPSA) is 85.6 Å². The SMILES string of the molecule is CC(NC(=O)CC(O)(c1nccn1C)C(F)(F)F)c1ccc2c(c1)OCO2. The zero-order valence-electron chi connectivity index (χ0n) is 14.6. The molecule has 146 valence electrons. The third-order valence-corrected chi connectivity index (χ3v) is 4.35. The van der Waals surface area contributed by atoms with Crippen LogP contribution in [-0.4, -0.2) is 33.5 Å². The van der Waals surface area contributed by atoms with Crippen LogP contribution in [0.3, 0.4) is 0 Å². The number of carbonyl (C=O) groups excluding carboxylic acids is 1. The molecule has 2 atom stereocenters. The number of fused-ring (bicyclic) bond motifs is 1. The lowest BCUT2D eigenvalue weighted by Crippen LogP contribution is -2.48. The van der Waals surface area contributed by atoms with E-state index < -0.39 is 36.0 Å². The Morgan fingerprint density at radius 2 is 2.07 bits per heavy atom. The minimum absolute atomic E-state index is 0.0851. The van der Waals surface area contributed by atoms with E-state index in [0.717, 1.165) is 10.8 Å². The lowest BCUT2D eigenvalue weighted by atomic mass is 9.96. The van der Waals surface area contributed by atoms with Crippen molar-refractivity contribution < 1.29 is 32.5 Å². The largest absolute Gasteiger partial charge is 0.454 e. The van der Waals surface area contributed by atoms with E-state index in [1.54, 1.807) is 25.1 Å². The molecule has 10 heteroatoms. The van der Waals surface area contributed by atoms with E-state index in [2.05, 4.69) is 10.3 Å². The number of aromatic nitrogens is 2. The summed E-state index contributed by atoms with van der Waals surface area (Å²) in [6.07, 6.45) is -3.90. The third kappa shape index (κ3) is 3.57. The number of nitrogens with one attached hydrogen (secondary N) is 1. The second kappa shape index (κ2) is 6.76. The van der Waals surface area contributed by atoms with Crippen LogP contribution < -0.4 is 14.8 Å². The standard InChI is InChI=1S/C17H18F3N3O4/c1-10(11-3-4-12-13(7-11)27-9-26-12)22-14(24)8-16(25,17(18,19)20)15-21-5-6-23(15)2/h3-7,10,25H,8-9H2,1-2H3,(H,22,24). The normalized spacial score (nSPS) is 16.7. The van der Waals surface area contributed by atoms with Crippen LogP contribution in [0.4, 0.5) is 13.2 Å². The lowest BCUT2D eigenvalue weighted by molar-refractivity contribution is -0.271. The molecule has 2 unspecified atom stereocenters. The molecule has 2 heterocycles. The van der Waals surface area contributed by atoms with E-state index in [9.17, 15) is 23.1 Å². The Morgan fingerprint density at radius 1 is 1.37 bits per heavy atom. The quantitative estimate of drug-likeness (QED) is 0.824. The number of benzene rings is 1. The highest BCUT2D eigenvalue weighted by atomic mass is 19.4. The van der Waals surface area contributed by atoms with Crippen molar-refractivity contribution in [2.75, 3.05) is 6.79 Å². The smallest absolute Gasteiger partial charge is 0.425 e. The summed E-state index contributed by atoms with van der Waals surface area (Å²) in [5.41, 5.74) is -2.77. The number of aliphatic hydroxyl groups is 1. The van der Waals surface area contributed by atoms with Gasteiger partial charge in [-0.15, -0.1) is 0 Å². The van der Waals surface area contributed by atoms with E-state index in [-0.39, 0.29) is 6.79 Å². The van der Waals surface area contributed by atoms with Gasteiger partial charge in [0, 0.05) is 19.4 Å². The van der Waals surface area contributed by atoms with Crippen LogP contribution in [0.5, 0.6) is 11.5 Å². The monoisotopic (exact) mass is 385 g/mol. The maximum absolute atomic E-state index is 13.5.